The molecule has 3 rings (SSSR count). The predicted molar refractivity (Wildman–Crippen MR) is 88.5 cm³/mol. The monoisotopic (exact) mass is 348 g/mol. The van der Waals surface area contributed by atoms with Gasteiger partial charge < -0.3 is 4.90 Å². The average Bonchev–Trinajstić information content (AvgIpc) is 2.62. The number of hydrogen-bond acceptors (Lipinski definition) is 2. The Bertz CT molecular complexity index is 767. The number of hydrogen-bond donors (Lipinski definition) is 0. The van der Waals surface area contributed by atoms with Crippen LogP contribution < -0.4 is 0 Å². The molecule has 0 aromatic heterocycles. The molecule has 3 nitrogen and oxygen atoms in total. The van der Waals surface area contributed by atoms with E-state index in [9.17, 15) is 18.0 Å². The minimum Gasteiger partial charge on any atom is -0.336 e. The smallest absolute Gasteiger partial charge is 0.257 e. The number of carbonyl (C=O) groups excluding carboxylic acids is 1. The maximum absolute atomic E-state index is 13.9. The van der Waals surface area contributed by atoms with E-state index in [2.05, 4.69) is 4.90 Å². The maximum Gasteiger partial charge on any atom is 0.257 e. The third-order valence-electron chi connectivity index (χ3n) is 4.55. The summed E-state index contributed by atoms with van der Waals surface area (Å²) in [4.78, 5) is 16.2. The fourth-order valence-corrected chi connectivity index (χ4v) is 3.09. The average molecular weight is 348 g/mol. The van der Waals surface area contributed by atoms with Crippen LogP contribution in [-0.4, -0.2) is 41.4 Å². The first kappa shape index (κ1) is 17.5. The van der Waals surface area contributed by atoms with Crippen LogP contribution in [-0.2, 0) is 6.54 Å². The first-order chi connectivity index (χ1) is 12.0. The number of carbonyl (C=O) groups is 1. The van der Waals surface area contributed by atoms with Gasteiger partial charge in [0.15, 0.2) is 17.5 Å². The summed E-state index contributed by atoms with van der Waals surface area (Å²) in [5.74, 6) is -4.94. The summed E-state index contributed by atoms with van der Waals surface area (Å²) in [5, 5.41) is 0. The van der Waals surface area contributed by atoms with E-state index in [1.807, 2.05) is 37.3 Å². The molecule has 6 heteroatoms. The van der Waals surface area contributed by atoms with Crippen molar-refractivity contribution in [2.24, 2.45) is 0 Å². The Hall–Kier alpha value is -2.34. The van der Waals surface area contributed by atoms with Gasteiger partial charge in [0, 0.05) is 32.2 Å². The highest BCUT2D eigenvalue weighted by molar-refractivity contribution is 5.94. The van der Waals surface area contributed by atoms with Crippen molar-refractivity contribution in [3.63, 3.8) is 0 Å². The summed E-state index contributed by atoms with van der Waals surface area (Å²) in [6.07, 6.45) is 0. The minimum absolute atomic E-state index is 0.0752. The van der Waals surface area contributed by atoms with Gasteiger partial charge in [0.1, 0.15) is 0 Å². The van der Waals surface area contributed by atoms with Crippen molar-refractivity contribution < 1.29 is 18.0 Å². The van der Waals surface area contributed by atoms with Crippen LogP contribution in [0, 0.1) is 17.5 Å². The van der Waals surface area contributed by atoms with Crippen LogP contribution in [0.2, 0.25) is 0 Å². The molecule has 1 fully saturated rings. The zero-order valence-corrected chi connectivity index (χ0v) is 13.9. The normalized spacial score (nSPS) is 18.4. The summed E-state index contributed by atoms with van der Waals surface area (Å²) in [5.41, 5.74) is 0.753. The highest BCUT2D eigenvalue weighted by atomic mass is 19.2. The van der Waals surface area contributed by atoms with E-state index in [1.165, 1.54) is 10.5 Å². The van der Waals surface area contributed by atoms with Crippen LogP contribution in [0.25, 0.3) is 0 Å². The molecule has 132 valence electrons. The largest absolute Gasteiger partial charge is 0.336 e. The molecule has 1 heterocycles. The Balaban J connectivity index is 1.68. The van der Waals surface area contributed by atoms with Crippen molar-refractivity contribution in [3.05, 3.63) is 71.0 Å². The molecule has 1 atom stereocenters. The van der Waals surface area contributed by atoms with Crippen LogP contribution in [0.5, 0.6) is 0 Å². The number of rotatable bonds is 3. The lowest BCUT2D eigenvalue weighted by atomic mass is 10.1. The molecule has 2 aromatic carbocycles. The lowest BCUT2D eigenvalue weighted by Gasteiger charge is -2.40. The molecular weight excluding hydrogens is 329 g/mol. The third-order valence-corrected chi connectivity index (χ3v) is 4.55. The van der Waals surface area contributed by atoms with Crippen LogP contribution >= 0.6 is 0 Å². The van der Waals surface area contributed by atoms with Gasteiger partial charge in [-0.3, -0.25) is 9.69 Å². The Kier molecular flexibility index (Phi) is 5.08. The quantitative estimate of drug-likeness (QED) is 0.793. The second-order valence-corrected chi connectivity index (χ2v) is 6.28. The molecule has 25 heavy (non-hydrogen) atoms. The van der Waals surface area contributed by atoms with Crippen LogP contribution in [0.1, 0.15) is 22.8 Å². The molecule has 2 aromatic rings. The molecule has 1 aliphatic heterocycles. The molecule has 0 radical (unpaired) electrons. The molecule has 0 bridgehead atoms. The minimum atomic E-state index is -1.61. The fourth-order valence-electron chi connectivity index (χ4n) is 3.09. The topological polar surface area (TPSA) is 23.6 Å². The van der Waals surface area contributed by atoms with Crippen LogP contribution in [0.4, 0.5) is 13.2 Å². The van der Waals surface area contributed by atoms with Gasteiger partial charge in [-0.25, -0.2) is 13.2 Å². The molecule has 1 amide bonds. The summed E-state index contributed by atoms with van der Waals surface area (Å²) in [6, 6.07) is 11.8. The van der Waals surface area contributed by atoms with Crippen molar-refractivity contribution >= 4 is 5.91 Å². The molecule has 1 unspecified atom stereocenters. The highest BCUT2D eigenvalue weighted by Gasteiger charge is 2.29. The Morgan fingerprint density at radius 2 is 1.76 bits per heavy atom. The van der Waals surface area contributed by atoms with Gasteiger partial charge in [0.05, 0.1) is 5.56 Å². The summed E-state index contributed by atoms with van der Waals surface area (Å²) in [7, 11) is 0. The standard InChI is InChI=1S/C19H19F3N2O/c1-13-11-24(10-9-23(13)12-14-5-3-2-4-6-14)19(25)15-7-8-16(20)18(22)17(15)21/h2-8,13H,9-12H2,1H3. The maximum atomic E-state index is 13.9. The van der Waals surface area contributed by atoms with E-state index in [0.717, 1.165) is 18.7 Å². The second kappa shape index (κ2) is 7.27. The molecule has 0 saturated carbocycles. The Morgan fingerprint density at radius 1 is 1.04 bits per heavy atom. The van der Waals surface area contributed by atoms with Gasteiger partial charge in [-0.1, -0.05) is 30.3 Å². The van der Waals surface area contributed by atoms with E-state index < -0.39 is 28.9 Å². The van der Waals surface area contributed by atoms with E-state index in [0.29, 0.717) is 19.6 Å². The number of benzene rings is 2. The molecule has 0 aliphatic carbocycles. The molecule has 0 N–H and O–H groups in total. The zero-order valence-electron chi connectivity index (χ0n) is 13.9. The van der Waals surface area contributed by atoms with Crippen molar-refractivity contribution in [3.8, 4) is 0 Å². The summed E-state index contributed by atoms with van der Waals surface area (Å²) < 4.78 is 40.3. The number of nitrogens with zero attached hydrogens (tertiary/aromatic N) is 2. The number of piperazine rings is 1. The first-order valence-electron chi connectivity index (χ1n) is 8.18. The molecule has 0 spiro atoms. The van der Waals surface area contributed by atoms with E-state index in [1.54, 1.807) is 0 Å². The van der Waals surface area contributed by atoms with Crippen LogP contribution in [0.3, 0.4) is 0 Å². The molecule has 1 saturated heterocycles. The molecular formula is C19H19F3N2O. The van der Waals surface area contributed by atoms with E-state index >= 15 is 0 Å². The second-order valence-electron chi connectivity index (χ2n) is 6.28. The third kappa shape index (κ3) is 3.69. The van der Waals surface area contributed by atoms with Gasteiger partial charge in [-0.05, 0) is 24.6 Å². The van der Waals surface area contributed by atoms with Gasteiger partial charge in [0.25, 0.3) is 5.91 Å². The van der Waals surface area contributed by atoms with Gasteiger partial charge in [-0.15, -0.1) is 0 Å². The number of halogens is 3. The predicted octanol–water partition coefficient (Wildman–Crippen LogP) is 3.45. The molecule has 1 aliphatic rings. The van der Waals surface area contributed by atoms with Crippen molar-refractivity contribution in [1.29, 1.82) is 0 Å². The fraction of sp³-hybridized carbons (Fsp3) is 0.316. The summed E-state index contributed by atoms with van der Waals surface area (Å²) >= 11 is 0. The summed E-state index contributed by atoms with van der Waals surface area (Å²) in [6.45, 7) is 4.21. The van der Waals surface area contributed by atoms with Crippen molar-refractivity contribution in [1.82, 2.24) is 9.80 Å². The Morgan fingerprint density at radius 3 is 2.44 bits per heavy atom. The van der Waals surface area contributed by atoms with Gasteiger partial charge >= 0.3 is 0 Å². The zero-order chi connectivity index (χ0) is 18.0. The van der Waals surface area contributed by atoms with Crippen molar-refractivity contribution in [2.45, 2.75) is 19.5 Å². The van der Waals surface area contributed by atoms with Gasteiger partial charge in [0.2, 0.25) is 0 Å². The van der Waals surface area contributed by atoms with Crippen molar-refractivity contribution in [2.75, 3.05) is 19.6 Å². The Labute approximate surface area is 144 Å². The van der Waals surface area contributed by atoms with Gasteiger partial charge in [-0.2, -0.15) is 0 Å². The van der Waals surface area contributed by atoms with E-state index in [4.69, 9.17) is 0 Å². The number of amides is 1. The first-order valence-corrected chi connectivity index (χ1v) is 8.18. The SMILES string of the molecule is CC1CN(C(=O)c2ccc(F)c(F)c2F)CCN1Cc1ccccc1. The van der Waals surface area contributed by atoms with E-state index in [-0.39, 0.29) is 6.04 Å². The lowest BCUT2D eigenvalue weighted by Crippen LogP contribution is -2.53. The van der Waals surface area contributed by atoms with Crippen LogP contribution in [0.15, 0.2) is 42.5 Å². The highest BCUT2D eigenvalue weighted by Crippen LogP contribution is 2.20. The lowest BCUT2D eigenvalue weighted by molar-refractivity contribution is 0.0490.